The maximum Gasteiger partial charge on any atom is 0.146 e. The Kier molecular flexibility index (Phi) is 8.58. The Hall–Kier alpha value is -4.52. The summed E-state index contributed by atoms with van der Waals surface area (Å²) in [4.78, 5) is 8.58. The summed E-state index contributed by atoms with van der Waals surface area (Å²) < 4.78 is 6.57. The third-order valence-corrected chi connectivity index (χ3v) is 6.58. The minimum absolute atomic E-state index is 0.691. The highest BCUT2D eigenvalue weighted by Crippen LogP contribution is 2.35. The van der Waals surface area contributed by atoms with Crippen LogP contribution in [0.25, 0.3) is 21.9 Å². The summed E-state index contributed by atoms with van der Waals surface area (Å²) in [5.74, 6) is 1.38. The lowest BCUT2D eigenvalue weighted by Gasteiger charge is -2.05. The van der Waals surface area contributed by atoms with E-state index < -0.39 is 0 Å². The minimum atomic E-state index is 0.691. The molecule has 5 aromatic rings. The van der Waals surface area contributed by atoms with Crippen LogP contribution in [0.15, 0.2) is 87.7 Å². The number of aryl methyl sites for hydroxylation is 2. The van der Waals surface area contributed by atoms with E-state index >= 15 is 0 Å². The molecule has 0 aliphatic rings. The molecule has 198 valence electrons. The van der Waals surface area contributed by atoms with Gasteiger partial charge < -0.3 is 4.42 Å². The van der Waals surface area contributed by atoms with Crippen LogP contribution in [-0.2, 0) is 12.8 Å². The fourth-order valence-corrected chi connectivity index (χ4v) is 4.59. The SMILES string of the molecule is CCCCc1cc(/C=N/Nc2ccccn2)c2oc3c(/C=N/Nc4ccccn4)cc(CCCC)cc3c2c1. The van der Waals surface area contributed by atoms with E-state index in [1.165, 1.54) is 11.1 Å². The van der Waals surface area contributed by atoms with Crippen LogP contribution in [-0.4, -0.2) is 22.4 Å². The van der Waals surface area contributed by atoms with Crippen molar-refractivity contribution < 1.29 is 4.42 Å². The van der Waals surface area contributed by atoms with E-state index in [9.17, 15) is 0 Å². The van der Waals surface area contributed by atoms with Crippen molar-refractivity contribution in [3.8, 4) is 0 Å². The topological polar surface area (TPSA) is 87.7 Å². The number of aromatic nitrogens is 2. The molecule has 2 N–H and O–H groups in total. The standard InChI is InChI=1S/C32H34N6O/c1-3-5-11-23-17-25(21-35-37-29-13-7-9-15-33-29)31-27(19-23)28-20-24(12-6-4-2)18-26(32(28)39-31)22-36-38-30-14-8-10-16-34-30/h7-10,13-22H,3-6,11-12H2,1-2H3,(H,33,37)(H,34,38)/b35-21+,36-22+. The molecule has 0 bridgehead atoms. The number of fused-ring (bicyclic) bond motifs is 3. The average molecular weight is 519 g/mol. The number of hydrazone groups is 2. The quantitative estimate of drug-likeness (QED) is 0.129. The van der Waals surface area contributed by atoms with E-state index in [-0.39, 0.29) is 0 Å². The van der Waals surface area contributed by atoms with Gasteiger partial charge in [0.1, 0.15) is 22.8 Å². The summed E-state index contributed by atoms with van der Waals surface area (Å²) in [7, 11) is 0. The average Bonchev–Trinajstić information content (AvgIpc) is 3.35. The van der Waals surface area contributed by atoms with Gasteiger partial charge in [-0.25, -0.2) is 9.97 Å². The fraction of sp³-hybridized carbons (Fsp3) is 0.250. The lowest BCUT2D eigenvalue weighted by atomic mass is 9.98. The van der Waals surface area contributed by atoms with Gasteiger partial charge >= 0.3 is 0 Å². The minimum Gasteiger partial charge on any atom is -0.455 e. The van der Waals surface area contributed by atoms with Crippen molar-refractivity contribution in [3.63, 3.8) is 0 Å². The molecule has 0 spiro atoms. The number of hydrogen-bond donors (Lipinski definition) is 2. The van der Waals surface area contributed by atoms with Crippen molar-refractivity contribution in [2.24, 2.45) is 10.2 Å². The number of rotatable bonds is 12. The second-order valence-electron chi connectivity index (χ2n) is 9.60. The first-order valence-electron chi connectivity index (χ1n) is 13.7. The molecule has 0 amide bonds. The van der Waals surface area contributed by atoms with E-state index in [1.807, 2.05) is 48.8 Å². The maximum atomic E-state index is 6.57. The second-order valence-corrected chi connectivity index (χ2v) is 9.60. The Balaban J connectivity index is 1.59. The summed E-state index contributed by atoms with van der Waals surface area (Å²) in [6, 6.07) is 20.3. The fourth-order valence-electron chi connectivity index (χ4n) is 4.59. The van der Waals surface area contributed by atoms with Gasteiger partial charge in [0, 0.05) is 34.3 Å². The van der Waals surface area contributed by atoms with Crippen molar-refractivity contribution >= 4 is 46.0 Å². The van der Waals surface area contributed by atoms with Gasteiger partial charge in [-0.1, -0.05) is 38.8 Å². The van der Waals surface area contributed by atoms with Gasteiger partial charge in [-0.05, 0) is 85.3 Å². The van der Waals surface area contributed by atoms with Gasteiger partial charge in [0.2, 0.25) is 0 Å². The molecule has 0 unspecified atom stereocenters. The zero-order valence-electron chi connectivity index (χ0n) is 22.5. The van der Waals surface area contributed by atoms with Crippen molar-refractivity contribution in [3.05, 3.63) is 95.3 Å². The van der Waals surface area contributed by atoms with Crippen LogP contribution in [0.4, 0.5) is 11.6 Å². The number of furan rings is 1. The number of unbranched alkanes of at least 4 members (excludes halogenated alkanes) is 2. The number of pyridine rings is 2. The predicted octanol–water partition coefficient (Wildman–Crippen LogP) is 7.95. The zero-order chi connectivity index (χ0) is 26.9. The molecule has 0 saturated heterocycles. The van der Waals surface area contributed by atoms with Crippen LogP contribution in [0, 0.1) is 0 Å². The third-order valence-electron chi connectivity index (χ3n) is 6.58. The molecular weight excluding hydrogens is 484 g/mol. The lowest BCUT2D eigenvalue weighted by molar-refractivity contribution is 0.667. The maximum absolute atomic E-state index is 6.57. The van der Waals surface area contributed by atoms with E-state index in [1.54, 1.807) is 12.4 Å². The van der Waals surface area contributed by atoms with Gasteiger partial charge in [-0.2, -0.15) is 10.2 Å². The Morgan fingerprint density at radius 1 is 0.692 bits per heavy atom. The highest BCUT2D eigenvalue weighted by Gasteiger charge is 2.16. The number of anilines is 2. The molecule has 0 aliphatic heterocycles. The van der Waals surface area contributed by atoms with E-state index in [0.717, 1.165) is 71.6 Å². The molecule has 2 aromatic carbocycles. The molecule has 39 heavy (non-hydrogen) atoms. The summed E-state index contributed by atoms with van der Waals surface area (Å²) in [6.45, 7) is 4.44. The molecule has 5 rings (SSSR count). The second kappa shape index (κ2) is 12.8. The van der Waals surface area contributed by atoms with Gasteiger partial charge in [0.25, 0.3) is 0 Å². The molecular formula is C32H34N6O. The van der Waals surface area contributed by atoms with Crippen molar-refractivity contribution in [2.75, 3.05) is 10.9 Å². The first kappa shape index (κ1) is 26.1. The number of nitrogens with one attached hydrogen (secondary N) is 2. The Labute approximate surface area is 229 Å². The van der Waals surface area contributed by atoms with Gasteiger partial charge in [0.05, 0.1) is 12.4 Å². The van der Waals surface area contributed by atoms with Crippen molar-refractivity contribution in [1.29, 1.82) is 0 Å². The Morgan fingerprint density at radius 2 is 1.18 bits per heavy atom. The van der Waals surface area contributed by atoms with Crippen LogP contribution in [0.5, 0.6) is 0 Å². The van der Waals surface area contributed by atoms with Gasteiger partial charge in [0.15, 0.2) is 0 Å². The van der Waals surface area contributed by atoms with Crippen LogP contribution in [0.2, 0.25) is 0 Å². The molecule has 0 fully saturated rings. The molecule has 7 heteroatoms. The van der Waals surface area contributed by atoms with E-state index in [2.05, 4.69) is 69.1 Å². The molecule has 7 nitrogen and oxygen atoms in total. The zero-order valence-corrected chi connectivity index (χ0v) is 22.5. The summed E-state index contributed by atoms with van der Waals surface area (Å²) >= 11 is 0. The Morgan fingerprint density at radius 3 is 1.59 bits per heavy atom. The molecule has 0 radical (unpaired) electrons. The summed E-state index contributed by atoms with van der Waals surface area (Å²) in [6.07, 6.45) is 13.7. The van der Waals surface area contributed by atoms with E-state index in [4.69, 9.17) is 4.42 Å². The van der Waals surface area contributed by atoms with Crippen LogP contribution >= 0.6 is 0 Å². The molecule has 3 heterocycles. The third kappa shape index (κ3) is 6.49. The monoisotopic (exact) mass is 518 g/mol. The Bertz CT molecular complexity index is 1460. The number of benzene rings is 2. The van der Waals surface area contributed by atoms with Gasteiger partial charge in [-0.15, -0.1) is 0 Å². The highest BCUT2D eigenvalue weighted by molar-refractivity contribution is 6.14. The van der Waals surface area contributed by atoms with Crippen LogP contribution in [0.3, 0.4) is 0 Å². The van der Waals surface area contributed by atoms with E-state index in [0.29, 0.717) is 11.6 Å². The van der Waals surface area contributed by atoms with Gasteiger partial charge in [-0.3, -0.25) is 10.9 Å². The lowest BCUT2D eigenvalue weighted by Crippen LogP contribution is -1.95. The van der Waals surface area contributed by atoms with Crippen LogP contribution < -0.4 is 10.9 Å². The largest absolute Gasteiger partial charge is 0.455 e. The first-order valence-corrected chi connectivity index (χ1v) is 13.7. The summed E-state index contributed by atoms with van der Waals surface area (Å²) in [5.41, 5.74) is 12.1. The first-order chi connectivity index (χ1) is 19.2. The number of nitrogens with zero attached hydrogens (tertiary/aromatic N) is 4. The molecule has 3 aromatic heterocycles. The smallest absolute Gasteiger partial charge is 0.146 e. The van der Waals surface area contributed by atoms with Crippen LogP contribution in [0.1, 0.15) is 61.8 Å². The normalized spacial score (nSPS) is 11.7. The number of hydrogen-bond acceptors (Lipinski definition) is 7. The molecule has 0 aliphatic carbocycles. The molecule has 0 atom stereocenters. The summed E-state index contributed by atoms with van der Waals surface area (Å²) in [5, 5.41) is 11.2. The predicted molar refractivity (Wildman–Crippen MR) is 162 cm³/mol. The van der Waals surface area contributed by atoms with Crippen molar-refractivity contribution in [2.45, 2.75) is 52.4 Å². The van der Waals surface area contributed by atoms with Crippen molar-refractivity contribution in [1.82, 2.24) is 9.97 Å². The molecule has 0 saturated carbocycles. The highest BCUT2D eigenvalue weighted by atomic mass is 16.3.